The lowest BCUT2D eigenvalue weighted by Gasteiger charge is -2.32. The number of benzene rings is 1. The molecule has 0 aliphatic carbocycles. The maximum absolute atomic E-state index is 12.2. The van der Waals surface area contributed by atoms with Gasteiger partial charge < -0.3 is 24.7 Å². The van der Waals surface area contributed by atoms with Crippen molar-refractivity contribution >= 4 is 11.7 Å². The highest BCUT2D eigenvalue weighted by Gasteiger charge is 2.24. The molecular formula is C20H24N4O3. The number of likely N-dealkylation sites (tertiary alicyclic amines) is 1. The van der Waals surface area contributed by atoms with Crippen LogP contribution in [0.3, 0.4) is 0 Å². The number of methoxy groups -OCH3 is 1. The van der Waals surface area contributed by atoms with Gasteiger partial charge in [-0.3, -0.25) is 0 Å². The highest BCUT2D eigenvalue weighted by Crippen LogP contribution is 2.30. The van der Waals surface area contributed by atoms with Gasteiger partial charge in [0, 0.05) is 12.2 Å². The van der Waals surface area contributed by atoms with Gasteiger partial charge in [0.25, 0.3) is 0 Å². The number of nitrogens with two attached hydrogens (primary N) is 1. The predicted molar refractivity (Wildman–Crippen MR) is 102 cm³/mol. The van der Waals surface area contributed by atoms with Crippen LogP contribution >= 0.6 is 0 Å². The third kappa shape index (κ3) is 3.76. The number of nitriles is 1. The van der Waals surface area contributed by atoms with Crippen LogP contribution in [0.4, 0.5) is 5.69 Å². The molecule has 0 radical (unpaired) electrons. The molecule has 0 saturated carbocycles. The molecule has 2 heterocycles. The van der Waals surface area contributed by atoms with Crippen molar-refractivity contribution in [2.75, 3.05) is 33.0 Å². The van der Waals surface area contributed by atoms with Crippen molar-refractivity contribution in [3.63, 3.8) is 0 Å². The minimum atomic E-state index is -0.601. The molecule has 1 aliphatic rings. The summed E-state index contributed by atoms with van der Waals surface area (Å²) in [6.45, 7) is 1.63. The molecule has 1 fully saturated rings. The lowest BCUT2D eigenvalue weighted by molar-refractivity contribution is 0.0593. The number of anilines is 1. The highest BCUT2D eigenvalue weighted by molar-refractivity contribution is 5.96. The van der Waals surface area contributed by atoms with E-state index in [0.717, 1.165) is 13.0 Å². The Labute approximate surface area is 158 Å². The van der Waals surface area contributed by atoms with Gasteiger partial charge in [-0.25, -0.2) is 4.79 Å². The van der Waals surface area contributed by atoms with Crippen molar-refractivity contribution < 1.29 is 14.3 Å². The fraction of sp³-hybridized carbons (Fsp3) is 0.400. The van der Waals surface area contributed by atoms with Gasteiger partial charge in [-0.15, -0.1) is 0 Å². The SMILES string of the molecule is COC(=O)c1c(N)c(C#N)cn1-c1ccccc1OCC1CCCCN1C. The average molecular weight is 368 g/mol. The lowest BCUT2D eigenvalue weighted by Crippen LogP contribution is -2.40. The number of esters is 1. The van der Waals surface area contributed by atoms with Crippen LogP contribution in [0.5, 0.6) is 5.75 Å². The number of hydrogen-bond donors (Lipinski definition) is 1. The maximum atomic E-state index is 12.2. The molecule has 2 N–H and O–H groups in total. The van der Waals surface area contributed by atoms with Gasteiger partial charge in [0.05, 0.1) is 24.0 Å². The van der Waals surface area contributed by atoms with Crippen molar-refractivity contribution in [1.29, 1.82) is 5.26 Å². The second-order valence-corrected chi connectivity index (χ2v) is 6.69. The van der Waals surface area contributed by atoms with Crippen LogP contribution < -0.4 is 10.5 Å². The molecule has 7 nitrogen and oxygen atoms in total. The van der Waals surface area contributed by atoms with E-state index in [1.54, 1.807) is 4.57 Å². The highest BCUT2D eigenvalue weighted by atomic mass is 16.5. The quantitative estimate of drug-likeness (QED) is 0.815. The topological polar surface area (TPSA) is 93.5 Å². The van der Waals surface area contributed by atoms with Crippen LogP contribution in [0.2, 0.25) is 0 Å². The zero-order valence-corrected chi connectivity index (χ0v) is 15.6. The minimum Gasteiger partial charge on any atom is -0.490 e. The number of piperidine rings is 1. The van der Waals surface area contributed by atoms with Crippen molar-refractivity contribution in [2.45, 2.75) is 25.3 Å². The number of rotatable bonds is 5. The summed E-state index contributed by atoms with van der Waals surface area (Å²) in [7, 11) is 3.40. The van der Waals surface area contributed by atoms with Crippen LogP contribution in [-0.2, 0) is 4.74 Å². The number of hydrogen-bond acceptors (Lipinski definition) is 6. The first-order valence-electron chi connectivity index (χ1n) is 8.98. The summed E-state index contributed by atoms with van der Waals surface area (Å²) in [5.41, 5.74) is 7.09. The summed E-state index contributed by atoms with van der Waals surface area (Å²) in [5, 5.41) is 9.30. The Hall–Kier alpha value is -2.98. The van der Waals surface area contributed by atoms with Gasteiger partial charge in [-0.05, 0) is 38.6 Å². The van der Waals surface area contributed by atoms with Crippen molar-refractivity contribution in [3.05, 3.63) is 41.7 Å². The van der Waals surface area contributed by atoms with Crippen molar-refractivity contribution in [1.82, 2.24) is 9.47 Å². The standard InChI is InChI=1S/C20H24N4O3/c1-23-10-6-5-7-15(23)13-27-17-9-4-3-8-16(17)24-12-14(11-21)18(22)19(24)20(25)26-2/h3-4,8-9,12,15H,5-7,10,13,22H2,1-2H3. The summed E-state index contributed by atoms with van der Waals surface area (Å²) in [6.07, 6.45) is 5.05. The molecule has 27 heavy (non-hydrogen) atoms. The van der Waals surface area contributed by atoms with E-state index in [-0.39, 0.29) is 16.9 Å². The molecule has 142 valence electrons. The molecule has 2 aromatic rings. The van der Waals surface area contributed by atoms with E-state index in [1.807, 2.05) is 30.3 Å². The van der Waals surface area contributed by atoms with E-state index in [2.05, 4.69) is 11.9 Å². The van der Waals surface area contributed by atoms with E-state index >= 15 is 0 Å². The summed E-state index contributed by atoms with van der Waals surface area (Å²) in [6, 6.07) is 9.77. The van der Waals surface area contributed by atoms with E-state index in [4.69, 9.17) is 15.2 Å². The smallest absolute Gasteiger partial charge is 0.357 e. The Balaban J connectivity index is 1.94. The molecule has 0 bridgehead atoms. The molecule has 1 saturated heterocycles. The van der Waals surface area contributed by atoms with Crippen LogP contribution in [0.15, 0.2) is 30.5 Å². The van der Waals surface area contributed by atoms with Gasteiger partial charge in [0.2, 0.25) is 0 Å². The van der Waals surface area contributed by atoms with Crippen molar-refractivity contribution in [2.24, 2.45) is 0 Å². The number of nitrogen functional groups attached to an aromatic ring is 1. The number of carbonyl (C=O) groups excluding carboxylic acids is 1. The fourth-order valence-electron chi connectivity index (χ4n) is 3.42. The monoisotopic (exact) mass is 368 g/mol. The Kier molecular flexibility index (Phi) is 5.67. The van der Waals surface area contributed by atoms with E-state index < -0.39 is 5.97 Å². The Morgan fingerprint density at radius 2 is 2.15 bits per heavy atom. The van der Waals surface area contributed by atoms with Gasteiger partial charge in [-0.1, -0.05) is 18.6 Å². The van der Waals surface area contributed by atoms with Gasteiger partial charge >= 0.3 is 5.97 Å². The van der Waals surface area contributed by atoms with Gasteiger partial charge in [-0.2, -0.15) is 5.26 Å². The average Bonchev–Trinajstić information content (AvgIpc) is 3.03. The molecule has 1 aromatic carbocycles. The summed E-state index contributed by atoms with van der Waals surface area (Å²) in [4.78, 5) is 14.6. The third-order valence-electron chi connectivity index (χ3n) is 5.02. The molecular weight excluding hydrogens is 344 g/mol. The lowest BCUT2D eigenvalue weighted by atomic mass is 10.0. The third-order valence-corrected chi connectivity index (χ3v) is 5.02. The Morgan fingerprint density at radius 3 is 2.85 bits per heavy atom. The first kappa shape index (κ1) is 18.8. The van der Waals surface area contributed by atoms with E-state index in [1.165, 1.54) is 26.1 Å². The minimum absolute atomic E-state index is 0.103. The molecule has 1 aliphatic heterocycles. The second-order valence-electron chi connectivity index (χ2n) is 6.69. The summed E-state index contributed by atoms with van der Waals surface area (Å²) in [5.74, 6) is 0.0249. The van der Waals surface area contributed by atoms with Crippen LogP contribution in [0.1, 0.15) is 35.3 Å². The van der Waals surface area contributed by atoms with Crippen LogP contribution in [0, 0.1) is 11.3 Å². The first-order chi connectivity index (χ1) is 13.1. The maximum Gasteiger partial charge on any atom is 0.357 e. The van der Waals surface area contributed by atoms with Crippen molar-refractivity contribution in [3.8, 4) is 17.5 Å². The molecule has 1 unspecified atom stereocenters. The largest absolute Gasteiger partial charge is 0.490 e. The molecule has 3 rings (SSSR count). The van der Waals surface area contributed by atoms with Gasteiger partial charge in [0.1, 0.15) is 18.4 Å². The summed E-state index contributed by atoms with van der Waals surface area (Å²) < 4.78 is 12.5. The molecule has 1 atom stereocenters. The zero-order chi connectivity index (χ0) is 19.4. The molecule has 1 aromatic heterocycles. The predicted octanol–water partition coefficient (Wildman–Crippen LogP) is 2.58. The molecule has 7 heteroatoms. The number of nitrogens with zero attached hydrogens (tertiary/aromatic N) is 3. The van der Waals surface area contributed by atoms with Crippen LogP contribution in [0.25, 0.3) is 5.69 Å². The number of carbonyl (C=O) groups is 1. The number of likely N-dealkylation sites (N-methyl/N-ethyl adjacent to an activating group) is 1. The van der Waals surface area contributed by atoms with E-state index in [0.29, 0.717) is 24.1 Å². The second kappa shape index (κ2) is 8.14. The fourth-order valence-corrected chi connectivity index (χ4v) is 3.42. The number of ether oxygens (including phenoxy) is 2. The van der Waals surface area contributed by atoms with Gasteiger partial charge in [0.15, 0.2) is 5.69 Å². The Morgan fingerprint density at radius 1 is 1.37 bits per heavy atom. The number of aromatic nitrogens is 1. The van der Waals surface area contributed by atoms with Crippen LogP contribution in [-0.4, -0.2) is 48.8 Å². The van der Waals surface area contributed by atoms with E-state index in [9.17, 15) is 10.1 Å². The number of para-hydroxylation sites is 2. The normalized spacial score (nSPS) is 17.3. The summed E-state index contributed by atoms with van der Waals surface area (Å²) >= 11 is 0. The zero-order valence-electron chi connectivity index (χ0n) is 15.6. The molecule has 0 spiro atoms. The first-order valence-corrected chi connectivity index (χ1v) is 8.98. The Bertz CT molecular complexity index is 869. The molecule has 0 amide bonds.